The number of amides is 3. The number of benzene rings is 2. The van der Waals surface area contributed by atoms with E-state index in [1.165, 1.54) is 0 Å². The average Bonchev–Trinajstić information content (AvgIpc) is 2.89. The van der Waals surface area contributed by atoms with Gasteiger partial charge in [-0.15, -0.1) is 0 Å². The van der Waals surface area contributed by atoms with Gasteiger partial charge < -0.3 is 30.5 Å². The Morgan fingerprint density at radius 1 is 0.786 bits per heavy atom. The number of nitrogens with one attached hydrogen (secondary N) is 3. The maximum atomic E-state index is 13.5. The van der Waals surface area contributed by atoms with E-state index in [0.29, 0.717) is 12.2 Å². The Bertz CT molecular complexity index is 1170. The van der Waals surface area contributed by atoms with Crippen LogP contribution in [-0.2, 0) is 32.1 Å². The Balaban J connectivity index is 2.22. The first-order chi connectivity index (χ1) is 19.6. The fourth-order valence-electron chi connectivity index (χ4n) is 4.14. The van der Waals surface area contributed by atoms with Crippen LogP contribution < -0.4 is 20.7 Å². The molecule has 0 unspecified atom stereocenters. The number of alkyl carbamates (subject to hydrolysis) is 1. The second-order valence-electron chi connectivity index (χ2n) is 12.1. The van der Waals surface area contributed by atoms with Crippen LogP contribution in [0.4, 0.5) is 4.79 Å². The maximum Gasteiger partial charge on any atom is 0.408 e. The SMILES string of the molecule is CC(C)C[C@H](NC(=O)OCc1ccccc1)C(=O)N[C@@H](Cc1ccc(OC(C)(C)C)cc1)C(=O)N[C@H](C(=O)O)C(C)C. The minimum absolute atomic E-state index is 0.0361. The van der Waals surface area contributed by atoms with Crippen molar-refractivity contribution in [1.82, 2.24) is 16.0 Å². The number of hydrogen-bond donors (Lipinski definition) is 4. The highest BCUT2D eigenvalue weighted by molar-refractivity contribution is 5.93. The van der Waals surface area contributed by atoms with Gasteiger partial charge >= 0.3 is 12.1 Å². The van der Waals surface area contributed by atoms with E-state index in [4.69, 9.17) is 9.47 Å². The molecule has 0 bridgehead atoms. The van der Waals surface area contributed by atoms with E-state index in [1.807, 2.05) is 65.0 Å². The van der Waals surface area contributed by atoms with Crippen LogP contribution in [0.5, 0.6) is 5.75 Å². The highest BCUT2D eigenvalue weighted by Crippen LogP contribution is 2.19. The van der Waals surface area contributed by atoms with Crippen LogP contribution in [0.2, 0.25) is 0 Å². The Hall–Kier alpha value is -4.08. The summed E-state index contributed by atoms with van der Waals surface area (Å²) < 4.78 is 11.2. The Kier molecular flexibility index (Phi) is 12.8. The number of hydrogen-bond acceptors (Lipinski definition) is 6. The van der Waals surface area contributed by atoms with Crippen molar-refractivity contribution in [3.05, 3.63) is 65.7 Å². The van der Waals surface area contributed by atoms with E-state index in [-0.39, 0.29) is 30.5 Å². The molecule has 0 saturated carbocycles. The molecule has 3 amide bonds. The van der Waals surface area contributed by atoms with E-state index < -0.39 is 42.0 Å². The molecule has 0 aliphatic heterocycles. The zero-order chi connectivity index (χ0) is 31.4. The van der Waals surface area contributed by atoms with Crippen molar-refractivity contribution in [2.45, 2.75) is 91.6 Å². The summed E-state index contributed by atoms with van der Waals surface area (Å²) in [6.45, 7) is 13.0. The standard InChI is InChI=1S/C32H45N3O7/c1-20(2)17-25(34-31(40)41-19-23-11-9-8-10-12-23)28(36)33-26(29(37)35-27(21(3)4)30(38)39)18-22-13-15-24(16-14-22)42-32(5,6)7/h8-16,20-21,25-27H,17-19H2,1-7H3,(H,33,36)(H,34,40)(H,35,37)(H,38,39)/t25-,26-,27-/m0/s1. The van der Waals surface area contributed by atoms with E-state index in [2.05, 4.69) is 16.0 Å². The van der Waals surface area contributed by atoms with Crippen LogP contribution in [0, 0.1) is 11.8 Å². The monoisotopic (exact) mass is 583 g/mol. The first-order valence-electron chi connectivity index (χ1n) is 14.2. The van der Waals surface area contributed by atoms with Crippen LogP contribution >= 0.6 is 0 Å². The molecule has 2 aromatic carbocycles. The summed E-state index contributed by atoms with van der Waals surface area (Å²) in [7, 11) is 0. The molecule has 4 N–H and O–H groups in total. The van der Waals surface area contributed by atoms with Crippen LogP contribution in [0.3, 0.4) is 0 Å². The third kappa shape index (κ3) is 12.2. The number of carbonyl (C=O) groups excluding carboxylic acids is 3. The van der Waals surface area contributed by atoms with Crippen molar-refractivity contribution in [1.29, 1.82) is 0 Å². The highest BCUT2D eigenvalue weighted by Gasteiger charge is 2.31. The number of carboxylic acid groups (broad SMARTS) is 1. The molecule has 0 aromatic heterocycles. The van der Waals surface area contributed by atoms with Gasteiger partial charge in [0.15, 0.2) is 0 Å². The first kappa shape index (κ1) is 34.1. The van der Waals surface area contributed by atoms with Gasteiger partial charge in [0.05, 0.1) is 0 Å². The Morgan fingerprint density at radius 2 is 1.38 bits per heavy atom. The molecule has 2 aromatic rings. The van der Waals surface area contributed by atoms with Gasteiger partial charge in [-0.2, -0.15) is 0 Å². The molecule has 10 nitrogen and oxygen atoms in total. The predicted octanol–water partition coefficient (Wildman–Crippen LogP) is 4.46. The fourth-order valence-corrected chi connectivity index (χ4v) is 4.14. The van der Waals surface area contributed by atoms with Crippen molar-refractivity contribution in [2.75, 3.05) is 0 Å². The molecule has 0 aliphatic carbocycles. The van der Waals surface area contributed by atoms with Gasteiger partial charge in [0, 0.05) is 6.42 Å². The van der Waals surface area contributed by atoms with Gasteiger partial charge in [-0.05, 0) is 62.3 Å². The molecule has 230 valence electrons. The zero-order valence-corrected chi connectivity index (χ0v) is 25.6. The molecule has 10 heteroatoms. The summed E-state index contributed by atoms with van der Waals surface area (Å²) in [6.07, 6.45) is -0.380. The summed E-state index contributed by atoms with van der Waals surface area (Å²) in [4.78, 5) is 51.2. The van der Waals surface area contributed by atoms with Crippen LogP contribution in [0.25, 0.3) is 0 Å². The molecule has 0 saturated heterocycles. The molecule has 0 aliphatic rings. The van der Waals surface area contributed by atoms with Gasteiger partial charge in [0.2, 0.25) is 11.8 Å². The molecule has 0 fully saturated rings. The first-order valence-corrected chi connectivity index (χ1v) is 14.2. The van der Waals surface area contributed by atoms with Crippen molar-refractivity contribution in [3.8, 4) is 5.75 Å². The van der Waals surface area contributed by atoms with Gasteiger partial charge in [-0.3, -0.25) is 9.59 Å². The third-order valence-electron chi connectivity index (χ3n) is 6.18. The summed E-state index contributed by atoms with van der Waals surface area (Å²) in [5, 5.41) is 17.5. The fraction of sp³-hybridized carbons (Fsp3) is 0.500. The molecule has 0 radical (unpaired) electrons. The van der Waals surface area contributed by atoms with Gasteiger partial charge in [0.1, 0.15) is 36.1 Å². The summed E-state index contributed by atoms with van der Waals surface area (Å²) in [5.74, 6) is -2.09. The van der Waals surface area contributed by atoms with E-state index in [9.17, 15) is 24.3 Å². The van der Waals surface area contributed by atoms with Gasteiger partial charge in [-0.1, -0.05) is 70.2 Å². The van der Waals surface area contributed by atoms with Crippen molar-refractivity contribution < 1.29 is 33.8 Å². The summed E-state index contributed by atoms with van der Waals surface area (Å²) >= 11 is 0. The Morgan fingerprint density at radius 3 is 1.90 bits per heavy atom. The van der Waals surface area contributed by atoms with Crippen molar-refractivity contribution >= 4 is 23.9 Å². The highest BCUT2D eigenvalue weighted by atomic mass is 16.5. The van der Waals surface area contributed by atoms with Crippen molar-refractivity contribution in [2.24, 2.45) is 11.8 Å². The lowest BCUT2D eigenvalue weighted by Gasteiger charge is -2.26. The van der Waals surface area contributed by atoms with E-state index in [0.717, 1.165) is 11.1 Å². The number of ether oxygens (including phenoxy) is 2. The minimum atomic E-state index is -1.17. The van der Waals surface area contributed by atoms with E-state index in [1.54, 1.807) is 38.1 Å². The molecule has 3 atom stereocenters. The largest absolute Gasteiger partial charge is 0.488 e. The lowest BCUT2D eigenvalue weighted by molar-refractivity contribution is -0.143. The molecular formula is C32H45N3O7. The second kappa shape index (κ2) is 15.8. The molecule has 42 heavy (non-hydrogen) atoms. The van der Waals surface area contributed by atoms with Crippen LogP contribution in [0.15, 0.2) is 54.6 Å². The Labute approximate surface area is 248 Å². The predicted molar refractivity (Wildman–Crippen MR) is 160 cm³/mol. The van der Waals surface area contributed by atoms with Crippen LogP contribution in [0.1, 0.15) is 66.0 Å². The topological polar surface area (TPSA) is 143 Å². The molecule has 2 rings (SSSR count). The van der Waals surface area contributed by atoms with Crippen molar-refractivity contribution in [3.63, 3.8) is 0 Å². The molecule has 0 spiro atoms. The number of carbonyl (C=O) groups is 4. The number of aliphatic carboxylic acids is 1. The second-order valence-corrected chi connectivity index (χ2v) is 12.1. The lowest BCUT2D eigenvalue weighted by Crippen LogP contribution is -2.57. The average molecular weight is 584 g/mol. The van der Waals surface area contributed by atoms with Crippen LogP contribution in [-0.4, -0.2) is 52.7 Å². The summed E-state index contributed by atoms with van der Waals surface area (Å²) in [6, 6.07) is 13.0. The lowest BCUT2D eigenvalue weighted by atomic mass is 10.00. The van der Waals surface area contributed by atoms with Gasteiger partial charge in [0.25, 0.3) is 0 Å². The van der Waals surface area contributed by atoms with E-state index >= 15 is 0 Å². The third-order valence-corrected chi connectivity index (χ3v) is 6.18. The quantitative estimate of drug-likeness (QED) is 0.257. The zero-order valence-electron chi connectivity index (χ0n) is 25.6. The summed E-state index contributed by atoms with van der Waals surface area (Å²) in [5.41, 5.74) is 1.14. The normalized spacial score (nSPS) is 13.5. The minimum Gasteiger partial charge on any atom is -0.488 e. The smallest absolute Gasteiger partial charge is 0.408 e. The molecule has 0 heterocycles. The number of rotatable bonds is 14. The van der Waals surface area contributed by atoms with Gasteiger partial charge in [-0.25, -0.2) is 9.59 Å². The maximum absolute atomic E-state index is 13.5. The number of carboxylic acids is 1. The molecular weight excluding hydrogens is 538 g/mol.